The zero-order valence-electron chi connectivity index (χ0n) is 14.6. The van der Waals surface area contributed by atoms with Gasteiger partial charge in [-0.15, -0.1) is 0 Å². The largest absolute Gasteiger partial charge is 0.497 e. The number of hydrogen-bond donors (Lipinski definition) is 0. The SMILES string of the molecule is COc1ccc(OCCN2CCC(C(=O)c3ccccn3)CC2)cc1. The molecular weight excluding hydrogens is 316 g/mol. The third-order valence-corrected chi connectivity index (χ3v) is 4.61. The van der Waals surface area contributed by atoms with Crippen molar-refractivity contribution in [3.63, 3.8) is 0 Å². The van der Waals surface area contributed by atoms with E-state index >= 15 is 0 Å². The Kier molecular flexibility index (Phi) is 6.01. The second-order valence-corrected chi connectivity index (χ2v) is 6.22. The maximum atomic E-state index is 12.4. The Balaban J connectivity index is 1.39. The van der Waals surface area contributed by atoms with E-state index in [1.165, 1.54) is 0 Å². The number of carbonyl (C=O) groups is 1. The predicted molar refractivity (Wildman–Crippen MR) is 96.2 cm³/mol. The molecule has 0 saturated carbocycles. The number of benzene rings is 1. The number of likely N-dealkylation sites (tertiary alicyclic amines) is 1. The molecular formula is C20H24N2O3. The van der Waals surface area contributed by atoms with E-state index in [4.69, 9.17) is 9.47 Å². The number of aromatic nitrogens is 1. The first-order chi connectivity index (χ1) is 12.3. The fraction of sp³-hybridized carbons (Fsp3) is 0.400. The van der Waals surface area contributed by atoms with E-state index < -0.39 is 0 Å². The molecule has 2 heterocycles. The van der Waals surface area contributed by atoms with Crippen molar-refractivity contribution < 1.29 is 14.3 Å². The Morgan fingerprint density at radius 3 is 2.48 bits per heavy atom. The summed E-state index contributed by atoms with van der Waals surface area (Å²) in [6.45, 7) is 3.37. The van der Waals surface area contributed by atoms with Gasteiger partial charge in [-0.25, -0.2) is 0 Å². The maximum absolute atomic E-state index is 12.4. The van der Waals surface area contributed by atoms with Gasteiger partial charge in [0.05, 0.1) is 7.11 Å². The van der Waals surface area contributed by atoms with Crippen LogP contribution in [-0.2, 0) is 0 Å². The monoisotopic (exact) mass is 340 g/mol. The molecule has 0 atom stereocenters. The highest BCUT2D eigenvalue weighted by Crippen LogP contribution is 2.21. The summed E-state index contributed by atoms with van der Waals surface area (Å²) in [5, 5.41) is 0. The van der Waals surface area contributed by atoms with Gasteiger partial charge in [0, 0.05) is 18.7 Å². The van der Waals surface area contributed by atoms with E-state index in [0.717, 1.165) is 44.0 Å². The highest BCUT2D eigenvalue weighted by molar-refractivity contribution is 5.96. The molecule has 1 saturated heterocycles. The van der Waals surface area contributed by atoms with Gasteiger partial charge in [0.25, 0.3) is 0 Å². The number of piperidine rings is 1. The van der Waals surface area contributed by atoms with Crippen LogP contribution in [0.2, 0.25) is 0 Å². The van der Waals surface area contributed by atoms with Crippen molar-refractivity contribution in [1.29, 1.82) is 0 Å². The summed E-state index contributed by atoms with van der Waals surface area (Å²) in [5.41, 5.74) is 0.587. The standard InChI is InChI=1S/C20H24N2O3/c1-24-17-5-7-18(8-6-17)25-15-14-22-12-9-16(10-13-22)20(23)19-4-2-3-11-21-19/h2-8,11,16H,9-10,12-15H2,1H3. The first kappa shape index (κ1) is 17.4. The fourth-order valence-corrected chi connectivity index (χ4v) is 3.10. The van der Waals surface area contributed by atoms with Crippen molar-refractivity contribution in [2.75, 3.05) is 33.4 Å². The van der Waals surface area contributed by atoms with Gasteiger partial charge in [0.15, 0.2) is 5.78 Å². The Morgan fingerprint density at radius 1 is 1.12 bits per heavy atom. The van der Waals surface area contributed by atoms with Crippen LogP contribution >= 0.6 is 0 Å². The third kappa shape index (κ3) is 4.79. The van der Waals surface area contributed by atoms with Crippen LogP contribution in [0.1, 0.15) is 23.3 Å². The van der Waals surface area contributed by atoms with Gasteiger partial charge >= 0.3 is 0 Å². The average molecular weight is 340 g/mol. The molecule has 0 aliphatic carbocycles. The number of pyridine rings is 1. The van der Waals surface area contributed by atoms with Crippen LogP contribution in [0.25, 0.3) is 0 Å². The van der Waals surface area contributed by atoms with Crippen LogP contribution < -0.4 is 9.47 Å². The smallest absolute Gasteiger partial charge is 0.184 e. The average Bonchev–Trinajstić information content (AvgIpc) is 2.69. The number of methoxy groups -OCH3 is 1. The highest BCUT2D eigenvalue weighted by atomic mass is 16.5. The van der Waals surface area contributed by atoms with Crippen molar-refractivity contribution in [3.8, 4) is 11.5 Å². The molecule has 0 bridgehead atoms. The van der Waals surface area contributed by atoms with Gasteiger partial charge in [0.1, 0.15) is 23.8 Å². The molecule has 0 amide bonds. The lowest BCUT2D eigenvalue weighted by Gasteiger charge is -2.30. The second-order valence-electron chi connectivity index (χ2n) is 6.22. The van der Waals surface area contributed by atoms with E-state index in [2.05, 4.69) is 9.88 Å². The molecule has 5 heteroatoms. The molecule has 0 unspecified atom stereocenters. The van der Waals surface area contributed by atoms with Gasteiger partial charge in [-0.1, -0.05) is 6.07 Å². The number of nitrogens with zero attached hydrogens (tertiary/aromatic N) is 2. The zero-order chi connectivity index (χ0) is 17.5. The molecule has 0 spiro atoms. The van der Waals surface area contributed by atoms with Crippen LogP contribution in [0.15, 0.2) is 48.7 Å². The van der Waals surface area contributed by atoms with Crippen LogP contribution in [-0.4, -0.2) is 49.0 Å². The number of carbonyl (C=O) groups excluding carboxylic acids is 1. The van der Waals surface area contributed by atoms with Crippen LogP contribution in [0.3, 0.4) is 0 Å². The molecule has 5 nitrogen and oxygen atoms in total. The van der Waals surface area contributed by atoms with Crippen LogP contribution in [0.4, 0.5) is 0 Å². The highest BCUT2D eigenvalue weighted by Gasteiger charge is 2.26. The van der Waals surface area contributed by atoms with Gasteiger partial charge in [-0.05, 0) is 62.3 Å². The van der Waals surface area contributed by atoms with Gasteiger partial charge in [-0.2, -0.15) is 0 Å². The minimum Gasteiger partial charge on any atom is -0.497 e. The Labute approximate surface area is 148 Å². The lowest BCUT2D eigenvalue weighted by Crippen LogP contribution is -2.38. The quantitative estimate of drug-likeness (QED) is 0.725. The van der Waals surface area contributed by atoms with Crippen LogP contribution in [0.5, 0.6) is 11.5 Å². The topological polar surface area (TPSA) is 51.7 Å². The van der Waals surface area contributed by atoms with Crippen molar-refractivity contribution in [3.05, 3.63) is 54.4 Å². The summed E-state index contributed by atoms with van der Waals surface area (Å²) in [6.07, 6.45) is 3.45. The number of ether oxygens (including phenoxy) is 2. The molecule has 1 aromatic carbocycles. The van der Waals surface area contributed by atoms with Crippen molar-refractivity contribution in [1.82, 2.24) is 9.88 Å². The molecule has 1 aromatic heterocycles. The normalized spacial score (nSPS) is 15.7. The van der Waals surface area contributed by atoms with Crippen molar-refractivity contribution in [2.45, 2.75) is 12.8 Å². The molecule has 2 aromatic rings. The molecule has 3 rings (SSSR count). The summed E-state index contributed by atoms with van der Waals surface area (Å²) in [6, 6.07) is 13.1. The first-order valence-electron chi connectivity index (χ1n) is 8.70. The summed E-state index contributed by atoms with van der Waals surface area (Å²) < 4.78 is 10.9. The Bertz CT molecular complexity index is 665. The minimum absolute atomic E-state index is 0.0913. The van der Waals surface area contributed by atoms with E-state index in [0.29, 0.717) is 12.3 Å². The van der Waals surface area contributed by atoms with Crippen molar-refractivity contribution >= 4 is 5.78 Å². The molecule has 1 aliphatic heterocycles. The number of Topliss-reactive ketones (excluding diaryl/α,β-unsaturated/α-hetero) is 1. The molecule has 1 aliphatic rings. The van der Waals surface area contributed by atoms with Crippen LogP contribution in [0, 0.1) is 5.92 Å². The molecule has 25 heavy (non-hydrogen) atoms. The Morgan fingerprint density at radius 2 is 1.84 bits per heavy atom. The molecule has 0 N–H and O–H groups in total. The van der Waals surface area contributed by atoms with E-state index in [1.807, 2.05) is 36.4 Å². The van der Waals surface area contributed by atoms with Gasteiger partial charge in [-0.3, -0.25) is 14.7 Å². The van der Waals surface area contributed by atoms with E-state index in [9.17, 15) is 4.79 Å². The number of ketones is 1. The fourth-order valence-electron chi connectivity index (χ4n) is 3.10. The summed E-state index contributed by atoms with van der Waals surface area (Å²) in [7, 11) is 1.65. The summed E-state index contributed by atoms with van der Waals surface area (Å²) in [5.74, 6) is 1.94. The van der Waals surface area contributed by atoms with Gasteiger partial charge < -0.3 is 9.47 Å². The predicted octanol–water partition coefficient (Wildman–Crippen LogP) is 3.06. The summed E-state index contributed by atoms with van der Waals surface area (Å²) >= 11 is 0. The van der Waals surface area contributed by atoms with Crippen molar-refractivity contribution in [2.24, 2.45) is 5.92 Å². The Hall–Kier alpha value is -2.40. The maximum Gasteiger partial charge on any atom is 0.184 e. The zero-order valence-corrected chi connectivity index (χ0v) is 14.6. The molecule has 0 radical (unpaired) electrons. The number of hydrogen-bond acceptors (Lipinski definition) is 5. The summed E-state index contributed by atoms with van der Waals surface area (Å²) in [4.78, 5) is 19.0. The lowest BCUT2D eigenvalue weighted by atomic mass is 9.91. The van der Waals surface area contributed by atoms with E-state index in [1.54, 1.807) is 19.4 Å². The van der Waals surface area contributed by atoms with Gasteiger partial charge in [0.2, 0.25) is 0 Å². The second kappa shape index (κ2) is 8.62. The molecule has 1 fully saturated rings. The van der Waals surface area contributed by atoms with E-state index in [-0.39, 0.29) is 11.7 Å². The first-order valence-corrected chi connectivity index (χ1v) is 8.70. The minimum atomic E-state index is 0.0913. The molecule has 132 valence electrons. The number of rotatable bonds is 7. The lowest BCUT2D eigenvalue weighted by molar-refractivity contribution is 0.0822. The third-order valence-electron chi connectivity index (χ3n) is 4.61.